The zero-order valence-corrected chi connectivity index (χ0v) is 16.6. The van der Waals surface area contributed by atoms with E-state index in [-0.39, 0.29) is 5.56 Å². The Morgan fingerprint density at radius 3 is 2.69 bits per heavy atom. The summed E-state index contributed by atoms with van der Waals surface area (Å²) >= 11 is 0. The van der Waals surface area contributed by atoms with Gasteiger partial charge in [-0.05, 0) is 48.9 Å². The fraction of sp³-hybridized carbons (Fsp3) is 0.100. The van der Waals surface area contributed by atoms with Gasteiger partial charge in [0.25, 0.3) is 5.56 Å². The minimum atomic E-state index is -3.43. The number of fused-ring (bicyclic) bond motifs is 1. The molecule has 0 bridgehead atoms. The van der Waals surface area contributed by atoms with Crippen LogP contribution in [0.5, 0.6) is 0 Å². The Balaban J connectivity index is 1.93. The van der Waals surface area contributed by atoms with Gasteiger partial charge in [0.15, 0.2) is 0 Å². The molecule has 0 aliphatic heterocycles. The van der Waals surface area contributed by atoms with Gasteiger partial charge in [-0.2, -0.15) is 0 Å². The van der Waals surface area contributed by atoms with E-state index in [9.17, 15) is 13.2 Å². The van der Waals surface area contributed by atoms with Crippen molar-refractivity contribution in [3.05, 3.63) is 77.1 Å². The Morgan fingerprint density at radius 2 is 1.97 bits per heavy atom. The molecule has 1 aromatic carbocycles. The van der Waals surface area contributed by atoms with Crippen LogP contribution in [0.3, 0.4) is 0 Å². The van der Waals surface area contributed by atoms with Gasteiger partial charge in [0.1, 0.15) is 5.52 Å². The van der Waals surface area contributed by atoms with Crippen LogP contribution in [-0.4, -0.2) is 29.0 Å². The molecule has 0 spiro atoms. The highest BCUT2D eigenvalue weighted by Gasteiger charge is 2.16. The molecule has 0 saturated carbocycles. The van der Waals surface area contributed by atoms with Crippen molar-refractivity contribution < 1.29 is 8.42 Å². The maximum absolute atomic E-state index is 12.3. The van der Waals surface area contributed by atoms with Gasteiger partial charge in [-0.15, -0.1) is 0 Å². The number of sulfonamides is 1. The summed E-state index contributed by atoms with van der Waals surface area (Å²) in [7, 11) is -3.43. The molecule has 3 N–H and O–H groups in total. The van der Waals surface area contributed by atoms with Crippen molar-refractivity contribution in [3.63, 3.8) is 0 Å². The molecule has 148 valence electrons. The lowest BCUT2D eigenvalue weighted by atomic mass is 10.1. The zero-order chi connectivity index (χ0) is 20.6. The lowest BCUT2D eigenvalue weighted by Gasteiger charge is -2.14. The van der Waals surface area contributed by atoms with Crippen LogP contribution in [0.15, 0.2) is 66.0 Å². The average Bonchev–Trinajstić information content (AvgIpc) is 3.00. The number of anilines is 3. The van der Waals surface area contributed by atoms with Crippen molar-refractivity contribution in [1.82, 2.24) is 14.4 Å². The zero-order valence-electron chi connectivity index (χ0n) is 15.8. The van der Waals surface area contributed by atoms with E-state index in [1.165, 1.54) is 0 Å². The van der Waals surface area contributed by atoms with E-state index < -0.39 is 10.0 Å². The minimum absolute atomic E-state index is 0.191. The third-order valence-electron chi connectivity index (χ3n) is 4.42. The van der Waals surface area contributed by atoms with Crippen LogP contribution < -0.4 is 15.6 Å². The average molecular weight is 409 g/mol. The predicted molar refractivity (Wildman–Crippen MR) is 114 cm³/mol. The summed E-state index contributed by atoms with van der Waals surface area (Å²) in [6.07, 6.45) is 7.82. The van der Waals surface area contributed by atoms with Crippen molar-refractivity contribution in [2.75, 3.05) is 16.3 Å². The number of H-pyrrole nitrogens is 1. The Bertz CT molecular complexity index is 1360. The number of pyridine rings is 1. The molecule has 4 rings (SSSR count). The highest BCUT2D eigenvalue weighted by Crippen LogP contribution is 2.34. The maximum atomic E-state index is 12.3. The van der Waals surface area contributed by atoms with Gasteiger partial charge >= 0.3 is 0 Å². The first kappa shape index (κ1) is 18.8. The molecule has 0 aliphatic rings. The second-order valence-corrected chi connectivity index (χ2v) is 8.47. The van der Waals surface area contributed by atoms with Gasteiger partial charge in [0.2, 0.25) is 10.0 Å². The number of nitrogens with one attached hydrogen (secondary N) is 3. The SMILES string of the molecule is Cc1cc(-c2cc(NS(C)(=O)=O)ccc2Nc2cccnc2)n2cc[nH]c(=O)c12. The summed E-state index contributed by atoms with van der Waals surface area (Å²) in [6.45, 7) is 1.86. The summed E-state index contributed by atoms with van der Waals surface area (Å²) in [5.74, 6) is 0. The largest absolute Gasteiger partial charge is 0.354 e. The second kappa shape index (κ2) is 7.10. The van der Waals surface area contributed by atoms with E-state index in [4.69, 9.17) is 0 Å². The number of aromatic amines is 1. The standard InChI is InChI=1S/C20H19N5O3S/c1-13-10-18(25-9-8-22-20(26)19(13)25)16-11-14(24-29(2,27)28)5-6-17(16)23-15-4-3-7-21-12-15/h3-12,23-24H,1-2H3,(H,22,26). The third-order valence-corrected chi connectivity index (χ3v) is 5.03. The van der Waals surface area contributed by atoms with Crippen molar-refractivity contribution >= 4 is 32.6 Å². The molecule has 0 fully saturated rings. The number of aromatic nitrogens is 3. The Labute approximate surface area is 167 Å². The Kier molecular flexibility index (Phi) is 4.59. The molecule has 0 saturated heterocycles. The molecule has 0 aliphatic carbocycles. The predicted octanol–water partition coefficient (Wildman–Crippen LogP) is 3.11. The van der Waals surface area contributed by atoms with Gasteiger partial charge in [-0.1, -0.05) is 0 Å². The molecular weight excluding hydrogens is 390 g/mol. The number of benzene rings is 1. The topological polar surface area (TPSA) is 108 Å². The van der Waals surface area contributed by atoms with Gasteiger partial charge in [-0.3, -0.25) is 14.5 Å². The lowest BCUT2D eigenvalue weighted by Crippen LogP contribution is -2.10. The number of hydrogen-bond acceptors (Lipinski definition) is 5. The van der Waals surface area contributed by atoms with Crippen LogP contribution in [0.2, 0.25) is 0 Å². The fourth-order valence-corrected chi connectivity index (χ4v) is 3.85. The highest BCUT2D eigenvalue weighted by atomic mass is 32.2. The molecule has 3 aromatic heterocycles. The Morgan fingerprint density at radius 1 is 1.14 bits per heavy atom. The van der Waals surface area contributed by atoms with Gasteiger partial charge in [-0.25, -0.2) is 8.42 Å². The summed E-state index contributed by atoms with van der Waals surface area (Å²) in [6, 6.07) is 10.8. The smallest absolute Gasteiger partial charge is 0.272 e. The molecule has 29 heavy (non-hydrogen) atoms. The maximum Gasteiger partial charge on any atom is 0.272 e. The third kappa shape index (κ3) is 3.85. The quantitative estimate of drug-likeness (QED) is 0.469. The lowest BCUT2D eigenvalue weighted by molar-refractivity contribution is 0.607. The molecule has 4 aromatic rings. The van der Waals surface area contributed by atoms with Gasteiger partial charge < -0.3 is 14.7 Å². The fourth-order valence-electron chi connectivity index (χ4n) is 3.30. The summed E-state index contributed by atoms with van der Waals surface area (Å²) in [5, 5.41) is 3.31. The number of nitrogens with zero attached hydrogens (tertiary/aromatic N) is 2. The first-order chi connectivity index (χ1) is 13.8. The molecule has 9 heteroatoms. The highest BCUT2D eigenvalue weighted by molar-refractivity contribution is 7.92. The van der Waals surface area contributed by atoms with E-state index in [1.54, 1.807) is 47.4 Å². The monoisotopic (exact) mass is 409 g/mol. The number of rotatable bonds is 5. The molecule has 8 nitrogen and oxygen atoms in total. The molecule has 0 amide bonds. The summed E-state index contributed by atoms with van der Waals surface area (Å²) in [5.41, 5.74) is 4.61. The first-order valence-electron chi connectivity index (χ1n) is 8.80. The molecular formula is C20H19N5O3S. The summed E-state index contributed by atoms with van der Waals surface area (Å²) < 4.78 is 27.7. The van der Waals surface area contributed by atoms with Gasteiger partial charge in [0, 0.05) is 35.5 Å². The van der Waals surface area contributed by atoms with Crippen LogP contribution in [0, 0.1) is 6.92 Å². The van der Waals surface area contributed by atoms with E-state index in [2.05, 4.69) is 20.0 Å². The molecule has 3 heterocycles. The van der Waals surface area contributed by atoms with Crippen LogP contribution in [-0.2, 0) is 10.0 Å². The normalized spacial score (nSPS) is 11.5. The van der Waals surface area contributed by atoms with Crippen molar-refractivity contribution in [2.24, 2.45) is 0 Å². The minimum Gasteiger partial charge on any atom is -0.354 e. The number of hydrogen-bond donors (Lipinski definition) is 3. The second-order valence-electron chi connectivity index (χ2n) is 6.72. The van der Waals surface area contributed by atoms with Crippen LogP contribution in [0.25, 0.3) is 16.8 Å². The van der Waals surface area contributed by atoms with E-state index in [0.29, 0.717) is 11.2 Å². The van der Waals surface area contributed by atoms with Crippen molar-refractivity contribution in [3.8, 4) is 11.3 Å². The summed E-state index contributed by atoms with van der Waals surface area (Å²) in [4.78, 5) is 19.1. The van der Waals surface area contributed by atoms with Crippen molar-refractivity contribution in [2.45, 2.75) is 6.92 Å². The molecule has 0 radical (unpaired) electrons. The Hall–Kier alpha value is -3.59. The van der Waals surface area contributed by atoms with Crippen LogP contribution in [0.4, 0.5) is 17.1 Å². The molecule has 0 atom stereocenters. The number of aryl methyl sites for hydroxylation is 1. The van der Waals surface area contributed by atoms with Gasteiger partial charge in [0.05, 0.1) is 23.8 Å². The first-order valence-corrected chi connectivity index (χ1v) is 10.7. The van der Waals surface area contributed by atoms with Crippen LogP contribution in [0.1, 0.15) is 5.56 Å². The van der Waals surface area contributed by atoms with E-state index in [1.807, 2.05) is 25.1 Å². The van der Waals surface area contributed by atoms with Crippen LogP contribution >= 0.6 is 0 Å². The van der Waals surface area contributed by atoms with E-state index in [0.717, 1.165) is 34.5 Å². The molecule has 0 unspecified atom stereocenters. The van der Waals surface area contributed by atoms with E-state index >= 15 is 0 Å². The van der Waals surface area contributed by atoms with Crippen molar-refractivity contribution in [1.29, 1.82) is 0 Å².